The Morgan fingerprint density at radius 1 is 1.43 bits per heavy atom. The van der Waals surface area contributed by atoms with Gasteiger partial charge in [-0.1, -0.05) is 0 Å². The Kier molecular flexibility index (Phi) is 9.24. The van der Waals surface area contributed by atoms with E-state index >= 15 is 0 Å². The summed E-state index contributed by atoms with van der Waals surface area (Å²) >= 11 is -1.44. The van der Waals surface area contributed by atoms with Crippen LogP contribution in [-0.4, -0.2) is 54.4 Å². The van der Waals surface area contributed by atoms with Gasteiger partial charge in [0.2, 0.25) is 0 Å². The molecule has 1 aromatic rings. The number of ether oxygens (including phenoxy) is 2. The first kappa shape index (κ1) is 22.7. The summed E-state index contributed by atoms with van der Waals surface area (Å²) in [5.74, 6) is 0.470. The SMILES string of the molecule is Cc1cc(C(=O)N2CCC[C@H]2CO)c(N[N]=[V]=[O])cc1OCCCOC(C)C. The minimum absolute atomic E-state index is 0.0528. The van der Waals surface area contributed by atoms with E-state index in [1.807, 2.05) is 20.8 Å². The van der Waals surface area contributed by atoms with Crippen molar-refractivity contribution in [1.82, 2.24) is 4.90 Å². The predicted molar refractivity (Wildman–Crippen MR) is 100 cm³/mol. The molecule has 1 aliphatic rings. The summed E-state index contributed by atoms with van der Waals surface area (Å²) in [6.45, 7) is 7.52. The zero-order chi connectivity index (χ0) is 20.5. The van der Waals surface area contributed by atoms with Crippen LogP contribution in [0.2, 0.25) is 0 Å². The van der Waals surface area contributed by atoms with Crippen LogP contribution in [0.3, 0.4) is 0 Å². The molecule has 2 rings (SSSR count). The van der Waals surface area contributed by atoms with Gasteiger partial charge in [0.25, 0.3) is 0 Å². The van der Waals surface area contributed by atoms with Gasteiger partial charge in [-0.15, -0.1) is 0 Å². The molecule has 0 unspecified atom stereocenters. The second-order valence-electron chi connectivity index (χ2n) is 7.06. The van der Waals surface area contributed by atoms with E-state index in [2.05, 4.69) is 9.33 Å². The van der Waals surface area contributed by atoms with Crippen LogP contribution in [0.25, 0.3) is 0 Å². The van der Waals surface area contributed by atoms with Crippen LogP contribution in [0.4, 0.5) is 5.69 Å². The van der Waals surface area contributed by atoms with Crippen LogP contribution in [0, 0.1) is 6.92 Å². The molecule has 1 saturated heterocycles. The average Bonchev–Trinajstić information content (AvgIpc) is 3.15. The van der Waals surface area contributed by atoms with E-state index in [-0.39, 0.29) is 24.7 Å². The number of hydrogen-bond acceptors (Lipinski definition) is 7. The van der Waals surface area contributed by atoms with E-state index in [9.17, 15) is 13.6 Å². The van der Waals surface area contributed by atoms with Crippen molar-refractivity contribution < 1.29 is 39.1 Å². The molecule has 0 aliphatic carbocycles. The van der Waals surface area contributed by atoms with Gasteiger partial charge >= 0.3 is 172 Å². The number of carbonyl (C=O) groups is 1. The van der Waals surface area contributed by atoms with Crippen molar-refractivity contribution in [3.63, 3.8) is 0 Å². The third-order valence-electron chi connectivity index (χ3n) is 4.60. The third-order valence-corrected chi connectivity index (χ3v) is 4.89. The van der Waals surface area contributed by atoms with Gasteiger partial charge in [0.1, 0.15) is 0 Å². The molecule has 1 amide bonds. The fourth-order valence-corrected chi connectivity index (χ4v) is 3.43. The number of aliphatic hydroxyl groups excluding tert-OH is 1. The first-order valence-corrected chi connectivity index (χ1v) is 10.8. The van der Waals surface area contributed by atoms with Gasteiger partial charge < -0.3 is 0 Å². The summed E-state index contributed by atoms with van der Waals surface area (Å²) < 4.78 is 26.0. The molecular weight excluding hydrogens is 401 g/mol. The predicted octanol–water partition coefficient (Wildman–Crippen LogP) is 2.72. The standard InChI is InChI=1S/C19H29N3O4.O.V/c1-13(2)25-8-5-9-26-18-11-17(21-20)16(10-14(18)3)19(24)22-7-4-6-15(22)12-23;;/h10-11,13,15,21,23H,4-9,12H2,1-3H3;;/t15-;;/m0../s1. The summed E-state index contributed by atoms with van der Waals surface area (Å²) in [5, 5.41) is 9.52. The summed E-state index contributed by atoms with van der Waals surface area (Å²) in [5.41, 5.74) is 4.45. The van der Waals surface area contributed by atoms with Crippen molar-refractivity contribution in [2.75, 3.05) is 31.8 Å². The quantitative estimate of drug-likeness (QED) is 0.437. The summed E-state index contributed by atoms with van der Waals surface area (Å²) in [7, 11) is 0. The van der Waals surface area contributed by atoms with Crippen molar-refractivity contribution in [2.45, 2.75) is 52.2 Å². The van der Waals surface area contributed by atoms with Gasteiger partial charge in [0.05, 0.1) is 0 Å². The number of hydrogen-bond donors (Lipinski definition) is 2. The first-order chi connectivity index (χ1) is 13.5. The molecule has 1 fully saturated rings. The van der Waals surface area contributed by atoms with E-state index in [1.54, 1.807) is 17.0 Å². The number of benzene rings is 1. The fraction of sp³-hybridized carbons (Fsp3) is 0.632. The van der Waals surface area contributed by atoms with Crippen molar-refractivity contribution in [1.29, 1.82) is 0 Å². The first-order valence-electron chi connectivity index (χ1n) is 9.57. The third kappa shape index (κ3) is 6.20. The second kappa shape index (κ2) is 11.4. The number of amides is 1. The zero-order valence-electron chi connectivity index (χ0n) is 16.7. The molecule has 0 radical (unpaired) electrons. The maximum atomic E-state index is 13.0. The van der Waals surface area contributed by atoms with Gasteiger partial charge in [-0.2, -0.15) is 0 Å². The number of rotatable bonds is 10. The molecule has 1 atom stereocenters. The Bertz CT molecular complexity index is 722. The van der Waals surface area contributed by atoms with Crippen molar-refractivity contribution in [3.05, 3.63) is 23.3 Å². The van der Waals surface area contributed by atoms with Crippen LogP contribution >= 0.6 is 0 Å². The molecule has 0 aromatic heterocycles. The number of carbonyl (C=O) groups excluding carboxylic acids is 1. The molecule has 1 aromatic carbocycles. The number of anilines is 1. The van der Waals surface area contributed by atoms with E-state index in [1.165, 1.54) is 0 Å². The molecular formula is C19H29N3O5V. The number of nitrogens with zero attached hydrogens (tertiary/aromatic N) is 2. The molecule has 0 bridgehead atoms. The molecule has 0 saturated carbocycles. The Balaban J connectivity index is 2.17. The number of aryl methyl sites for hydroxylation is 1. The van der Waals surface area contributed by atoms with Crippen LogP contribution in [0.15, 0.2) is 16.0 Å². The molecule has 1 aliphatic heterocycles. The van der Waals surface area contributed by atoms with Gasteiger partial charge in [0.15, 0.2) is 0 Å². The van der Waals surface area contributed by atoms with Crippen LogP contribution in [0.5, 0.6) is 5.75 Å². The van der Waals surface area contributed by atoms with Crippen molar-refractivity contribution >= 4 is 11.6 Å². The molecule has 1 heterocycles. The Morgan fingerprint density at radius 2 is 2.21 bits per heavy atom. The summed E-state index contributed by atoms with van der Waals surface area (Å²) in [6, 6.07) is 3.31. The zero-order valence-corrected chi connectivity index (χ0v) is 18.1. The van der Waals surface area contributed by atoms with E-state index in [4.69, 9.17) is 9.47 Å². The van der Waals surface area contributed by atoms with Gasteiger partial charge in [0, 0.05) is 0 Å². The monoisotopic (exact) mass is 430 g/mol. The molecule has 2 N–H and O–H groups in total. The van der Waals surface area contributed by atoms with Crippen LogP contribution in [0.1, 0.15) is 49.0 Å². The Hall–Kier alpha value is -1.61. The molecule has 28 heavy (non-hydrogen) atoms. The fourth-order valence-electron chi connectivity index (χ4n) is 3.19. The number of aliphatic hydroxyl groups is 1. The normalized spacial score (nSPS) is 16.2. The van der Waals surface area contributed by atoms with Gasteiger partial charge in [-0.25, -0.2) is 0 Å². The van der Waals surface area contributed by atoms with Gasteiger partial charge in [-0.3, -0.25) is 0 Å². The van der Waals surface area contributed by atoms with E-state index in [0.717, 1.165) is 24.8 Å². The Labute approximate surface area is 172 Å². The van der Waals surface area contributed by atoms with Crippen molar-refractivity contribution in [2.24, 2.45) is 3.90 Å². The summed E-state index contributed by atoms with van der Waals surface area (Å²) in [6.07, 6.45) is 2.60. The maximum absolute atomic E-state index is 13.0. The topological polar surface area (TPSA) is 100 Å². The molecule has 155 valence electrons. The minimum atomic E-state index is -1.44. The van der Waals surface area contributed by atoms with Crippen LogP contribution in [-0.2, 0) is 24.5 Å². The molecule has 9 heteroatoms. The number of likely N-dealkylation sites (tertiary alicyclic amines) is 1. The van der Waals surface area contributed by atoms with E-state index in [0.29, 0.717) is 36.8 Å². The van der Waals surface area contributed by atoms with Crippen LogP contribution < -0.4 is 10.2 Å². The van der Waals surface area contributed by atoms with E-state index < -0.39 is 16.0 Å². The van der Waals surface area contributed by atoms with Crippen molar-refractivity contribution in [3.8, 4) is 5.75 Å². The summed E-state index contributed by atoms with van der Waals surface area (Å²) in [4.78, 5) is 14.7. The molecule has 8 nitrogen and oxygen atoms in total. The second-order valence-corrected chi connectivity index (χ2v) is 7.62. The van der Waals surface area contributed by atoms with Gasteiger partial charge in [-0.05, 0) is 0 Å². The number of nitrogens with one attached hydrogen (secondary N) is 1. The average molecular weight is 430 g/mol. The Morgan fingerprint density at radius 3 is 2.89 bits per heavy atom. The molecule has 0 spiro atoms.